The smallest absolute Gasteiger partial charge is 0.338 e. The van der Waals surface area contributed by atoms with Crippen LogP contribution < -0.4 is 15.4 Å². The highest BCUT2D eigenvalue weighted by molar-refractivity contribution is 5.89. The highest BCUT2D eigenvalue weighted by Crippen LogP contribution is 2.31. The Bertz CT molecular complexity index is 892. The minimum atomic E-state index is -0.464. The molecule has 2 N–H and O–H groups in total. The van der Waals surface area contributed by atoms with E-state index < -0.39 is 6.10 Å². The van der Waals surface area contributed by atoms with Gasteiger partial charge in [0.1, 0.15) is 12.2 Å². The molecule has 0 saturated carbocycles. The van der Waals surface area contributed by atoms with E-state index in [2.05, 4.69) is 20.6 Å². The Morgan fingerprint density at radius 1 is 1.03 bits per heavy atom. The van der Waals surface area contributed by atoms with Gasteiger partial charge >= 0.3 is 5.97 Å². The van der Waals surface area contributed by atoms with E-state index >= 15 is 0 Å². The monoisotopic (exact) mass is 426 g/mol. The third-order valence-corrected chi connectivity index (χ3v) is 5.80. The van der Waals surface area contributed by atoms with Gasteiger partial charge in [0.25, 0.3) is 0 Å². The second-order valence-corrected chi connectivity index (χ2v) is 7.95. The number of piperidine rings is 1. The van der Waals surface area contributed by atoms with Crippen molar-refractivity contribution in [1.29, 1.82) is 0 Å². The van der Waals surface area contributed by atoms with Crippen LogP contribution in [0.3, 0.4) is 0 Å². The van der Waals surface area contributed by atoms with Gasteiger partial charge < -0.3 is 29.6 Å². The maximum Gasteiger partial charge on any atom is 0.338 e. The van der Waals surface area contributed by atoms with E-state index in [1.165, 1.54) is 0 Å². The van der Waals surface area contributed by atoms with E-state index in [1.54, 1.807) is 36.5 Å². The minimum Gasteiger partial charge on any atom is -0.469 e. The number of rotatable bonds is 6. The zero-order valence-corrected chi connectivity index (χ0v) is 17.1. The molecule has 3 aliphatic rings. The van der Waals surface area contributed by atoms with Gasteiger partial charge in [-0.1, -0.05) is 18.2 Å². The molecule has 0 radical (unpaired) electrons. The first-order chi connectivity index (χ1) is 15.3. The first-order valence-corrected chi connectivity index (χ1v) is 10.7. The predicted molar refractivity (Wildman–Crippen MR) is 111 cm³/mol. The number of carbonyl (C=O) groups excluding carboxylic acids is 1. The molecule has 4 heterocycles. The van der Waals surface area contributed by atoms with E-state index in [0.29, 0.717) is 30.0 Å². The number of fused-ring (bicyclic) bond motifs is 1. The molecule has 4 atom stereocenters. The van der Waals surface area contributed by atoms with Crippen LogP contribution in [0.5, 0.6) is 5.88 Å². The molecule has 0 bridgehead atoms. The van der Waals surface area contributed by atoms with Crippen molar-refractivity contribution in [3.63, 3.8) is 0 Å². The Morgan fingerprint density at radius 3 is 2.58 bits per heavy atom. The van der Waals surface area contributed by atoms with Crippen molar-refractivity contribution in [2.24, 2.45) is 0 Å². The third kappa shape index (κ3) is 4.63. The van der Waals surface area contributed by atoms with Crippen LogP contribution in [0.2, 0.25) is 0 Å². The number of hydrogen-bond acceptors (Lipinski definition) is 9. The molecular weight excluding hydrogens is 400 g/mol. The molecule has 0 amide bonds. The highest BCUT2D eigenvalue weighted by atomic mass is 16.7. The second kappa shape index (κ2) is 9.17. The molecule has 1 aromatic carbocycles. The highest BCUT2D eigenvalue weighted by Gasteiger charge is 2.51. The van der Waals surface area contributed by atoms with Crippen LogP contribution >= 0.6 is 0 Å². The zero-order valence-electron chi connectivity index (χ0n) is 17.1. The van der Waals surface area contributed by atoms with Gasteiger partial charge in [0.05, 0.1) is 18.8 Å². The first-order valence-electron chi connectivity index (χ1n) is 10.7. The summed E-state index contributed by atoms with van der Waals surface area (Å²) < 4.78 is 23.4. The van der Waals surface area contributed by atoms with Gasteiger partial charge in [0.15, 0.2) is 12.2 Å². The quantitative estimate of drug-likeness (QED) is 0.664. The third-order valence-electron chi connectivity index (χ3n) is 5.80. The predicted octanol–water partition coefficient (Wildman–Crippen LogP) is 1.41. The van der Waals surface area contributed by atoms with Crippen LogP contribution in [0.1, 0.15) is 23.2 Å². The summed E-state index contributed by atoms with van der Waals surface area (Å²) in [5, 5.41) is 6.72. The topological polar surface area (TPSA) is 104 Å². The van der Waals surface area contributed by atoms with Crippen molar-refractivity contribution in [2.45, 2.75) is 43.3 Å². The molecule has 164 valence electrons. The lowest BCUT2D eigenvalue weighted by Crippen LogP contribution is -2.36. The van der Waals surface area contributed by atoms with E-state index in [4.69, 9.17) is 18.9 Å². The number of benzene rings is 1. The van der Waals surface area contributed by atoms with Gasteiger partial charge in [-0.2, -0.15) is 4.98 Å². The number of esters is 1. The molecule has 9 heteroatoms. The number of anilines is 1. The maximum atomic E-state index is 12.4. The summed E-state index contributed by atoms with van der Waals surface area (Å²) >= 11 is 0. The molecule has 31 heavy (non-hydrogen) atoms. The van der Waals surface area contributed by atoms with E-state index in [-0.39, 0.29) is 30.9 Å². The molecule has 1 aromatic heterocycles. The molecule has 9 nitrogen and oxygen atoms in total. The van der Waals surface area contributed by atoms with E-state index in [0.717, 1.165) is 25.9 Å². The Morgan fingerprint density at radius 2 is 1.77 bits per heavy atom. The average molecular weight is 426 g/mol. The van der Waals surface area contributed by atoms with Gasteiger partial charge in [-0.3, -0.25) is 0 Å². The van der Waals surface area contributed by atoms with Crippen molar-refractivity contribution in [3.05, 3.63) is 48.2 Å². The summed E-state index contributed by atoms with van der Waals surface area (Å²) in [6, 6.07) is 11.0. The molecular formula is C22H26N4O5. The minimum absolute atomic E-state index is 0.278. The lowest BCUT2D eigenvalue weighted by molar-refractivity contribution is -0.0192. The molecule has 0 unspecified atom stereocenters. The molecule has 3 fully saturated rings. The standard InChI is InChI=1S/C22H26N4O5/c27-21(14-4-2-1-3-5-14)31-17-13-29-19-16(12-28-20(17)19)30-18-8-11-24-22(26-18)25-15-6-9-23-10-7-15/h1-5,8,11,15-17,19-20,23H,6-7,9-10,12-13H2,(H,24,25,26)/t16-,17-,19+,20+/m0/s1. The Hall–Kier alpha value is -2.75. The molecule has 2 aromatic rings. The SMILES string of the molecule is O=C(O[C@H]1CO[C@H]2[C@@H]1OC[C@@H]2Oc1ccnc(NC2CCNCC2)n1)c1ccccc1. The number of nitrogens with zero attached hydrogens (tertiary/aromatic N) is 2. The summed E-state index contributed by atoms with van der Waals surface area (Å²) in [5.74, 6) is 0.642. The maximum absolute atomic E-state index is 12.4. The van der Waals surface area contributed by atoms with Gasteiger partial charge in [-0.15, -0.1) is 0 Å². The summed E-state index contributed by atoms with van der Waals surface area (Å²) in [6.45, 7) is 2.60. The van der Waals surface area contributed by atoms with Crippen LogP contribution in [0.15, 0.2) is 42.6 Å². The van der Waals surface area contributed by atoms with Crippen LogP contribution in [0, 0.1) is 0 Å². The van der Waals surface area contributed by atoms with Crippen LogP contribution in [0.4, 0.5) is 5.95 Å². The second-order valence-electron chi connectivity index (χ2n) is 7.95. The van der Waals surface area contributed by atoms with Gasteiger partial charge in [0, 0.05) is 18.3 Å². The fourth-order valence-corrected chi connectivity index (χ4v) is 4.19. The molecule has 0 aliphatic carbocycles. The lowest BCUT2D eigenvalue weighted by Gasteiger charge is -2.24. The number of carbonyl (C=O) groups is 1. The Labute approximate surface area is 180 Å². The average Bonchev–Trinajstić information content (AvgIpc) is 3.39. The van der Waals surface area contributed by atoms with Crippen molar-refractivity contribution in [2.75, 3.05) is 31.6 Å². The molecule has 3 saturated heterocycles. The lowest BCUT2D eigenvalue weighted by atomic mass is 10.1. The summed E-state index contributed by atoms with van der Waals surface area (Å²) in [5.41, 5.74) is 0.506. The number of aromatic nitrogens is 2. The first kappa shape index (κ1) is 20.2. The van der Waals surface area contributed by atoms with Crippen LogP contribution in [-0.2, 0) is 14.2 Å². The summed E-state index contributed by atoms with van der Waals surface area (Å²) in [4.78, 5) is 21.2. The molecule has 5 rings (SSSR count). The number of nitrogens with one attached hydrogen (secondary N) is 2. The van der Waals surface area contributed by atoms with Crippen molar-refractivity contribution in [1.82, 2.24) is 15.3 Å². The largest absolute Gasteiger partial charge is 0.469 e. The fraction of sp³-hybridized carbons (Fsp3) is 0.500. The van der Waals surface area contributed by atoms with E-state index in [1.807, 2.05) is 6.07 Å². The number of ether oxygens (including phenoxy) is 4. The van der Waals surface area contributed by atoms with Crippen molar-refractivity contribution < 1.29 is 23.7 Å². The van der Waals surface area contributed by atoms with Crippen LogP contribution in [0.25, 0.3) is 0 Å². The van der Waals surface area contributed by atoms with E-state index in [9.17, 15) is 4.79 Å². The summed E-state index contributed by atoms with van der Waals surface area (Å²) in [7, 11) is 0. The molecule has 3 aliphatic heterocycles. The normalized spacial score (nSPS) is 28.1. The van der Waals surface area contributed by atoms with Gasteiger partial charge in [-0.05, 0) is 38.1 Å². The Kier molecular flexibility index (Phi) is 5.97. The molecule has 0 spiro atoms. The van der Waals surface area contributed by atoms with Crippen molar-refractivity contribution in [3.8, 4) is 5.88 Å². The summed E-state index contributed by atoms with van der Waals surface area (Å²) in [6.07, 6.45) is 2.29. The number of hydrogen-bond donors (Lipinski definition) is 2. The Balaban J connectivity index is 1.18. The zero-order chi connectivity index (χ0) is 21.0. The van der Waals surface area contributed by atoms with Gasteiger partial charge in [0.2, 0.25) is 11.8 Å². The fourth-order valence-electron chi connectivity index (χ4n) is 4.19. The van der Waals surface area contributed by atoms with Gasteiger partial charge in [-0.25, -0.2) is 9.78 Å². The van der Waals surface area contributed by atoms with Crippen molar-refractivity contribution >= 4 is 11.9 Å². The van der Waals surface area contributed by atoms with Crippen LogP contribution in [-0.4, -0.2) is 72.7 Å².